The van der Waals surface area contributed by atoms with Crippen molar-refractivity contribution in [2.75, 3.05) is 13.1 Å². The SMILES string of the molecule is CCCCC1CC[NH2+]CC1. The lowest BCUT2D eigenvalue weighted by molar-refractivity contribution is -0.664. The fourth-order valence-corrected chi connectivity index (χ4v) is 1.78. The highest BCUT2D eigenvalue weighted by Crippen LogP contribution is 2.16. The molecular formula is C9H20N+. The van der Waals surface area contributed by atoms with Gasteiger partial charge in [0.2, 0.25) is 0 Å². The van der Waals surface area contributed by atoms with Crippen molar-refractivity contribution in [2.24, 2.45) is 5.92 Å². The Bertz CT molecular complexity index is 74.8. The summed E-state index contributed by atoms with van der Waals surface area (Å²) in [6.45, 7) is 5.05. The van der Waals surface area contributed by atoms with Crippen LogP contribution in [0.5, 0.6) is 0 Å². The molecule has 2 N–H and O–H groups in total. The van der Waals surface area contributed by atoms with Crippen LogP contribution in [0.3, 0.4) is 0 Å². The predicted molar refractivity (Wildman–Crippen MR) is 43.9 cm³/mol. The molecule has 10 heavy (non-hydrogen) atoms. The van der Waals surface area contributed by atoms with Gasteiger partial charge in [-0.25, -0.2) is 0 Å². The molecule has 1 aliphatic rings. The number of rotatable bonds is 3. The van der Waals surface area contributed by atoms with Crippen molar-refractivity contribution >= 4 is 0 Å². The fraction of sp³-hybridized carbons (Fsp3) is 1.00. The van der Waals surface area contributed by atoms with Crippen LogP contribution in [0.4, 0.5) is 0 Å². The Hall–Kier alpha value is -0.0400. The zero-order valence-electron chi connectivity index (χ0n) is 7.10. The standard InChI is InChI=1S/C9H19N/c1-2-3-4-9-5-7-10-8-6-9/h9-10H,2-8H2,1H3/p+1. The van der Waals surface area contributed by atoms with E-state index in [1.54, 1.807) is 0 Å². The molecule has 1 saturated heterocycles. The first kappa shape index (κ1) is 8.06. The number of unbranched alkanes of at least 4 members (excludes halogenated alkanes) is 1. The zero-order chi connectivity index (χ0) is 7.23. The molecule has 0 unspecified atom stereocenters. The average molecular weight is 142 g/mol. The Labute approximate surface area is 64.2 Å². The molecule has 60 valence electrons. The molecule has 0 bridgehead atoms. The minimum Gasteiger partial charge on any atom is -0.346 e. The third-order valence-electron chi connectivity index (χ3n) is 2.52. The molecule has 0 aliphatic carbocycles. The number of hydrogen-bond donors (Lipinski definition) is 1. The molecule has 0 aromatic carbocycles. The molecular weight excluding hydrogens is 122 g/mol. The molecule has 0 aromatic rings. The largest absolute Gasteiger partial charge is 0.346 e. The van der Waals surface area contributed by atoms with Crippen LogP contribution >= 0.6 is 0 Å². The second kappa shape index (κ2) is 4.73. The van der Waals surface area contributed by atoms with Crippen LogP contribution in [-0.2, 0) is 0 Å². The molecule has 1 nitrogen and oxygen atoms in total. The van der Waals surface area contributed by atoms with Gasteiger partial charge in [0.25, 0.3) is 0 Å². The summed E-state index contributed by atoms with van der Waals surface area (Å²) in [4.78, 5) is 0. The molecule has 0 radical (unpaired) electrons. The van der Waals surface area contributed by atoms with Crippen LogP contribution in [0.25, 0.3) is 0 Å². The lowest BCUT2D eigenvalue weighted by Crippen LogP contribution is -2.86. The number of quaternary nitrogens is 1. The second-order valence-corrected chi connectivity index (χ2v) is 3.45. The van der Waals surface area contributed by atoms with E-state index in [1.807, 2.05) is 0 Å². The van der Waals surface area contributed by atoms with Crippen LogP contribution in [0.1, 0.15) is 39.0 Å². The van der Waals surface area contributed by atoms with Crippen LogP contribution in [-0.4, -0.2) is 13.1 Å². The van der Waals surface area contributed by atoms with E-state index in [2.05, 4.69) is 12.2 Å². The van der Waals surface area contributed by atoms with E-state index < -0.39 is 0 Å². The minimum atomic E-state index is 1.07. The first-order valence-electron chi connectivity index (χ1n) is 4.75. The normalized spacial score (nSPS) is 21.3. The van der Waals surface area contributed by atoms with Gasteiger partial charge in [-0.05, 0) is 18.8 Å². The van der Waals surface area contributed by atoms with Crippen LogP contribution in [0.15, 0.2) is 0 Å². The van der Waals surface area contributed by atoms with Crippen molar-refractivity contribution in [1.82, 2.24) is 0 Å². The van der Waals surface area contributed by atoms with Gasteiger partial charge in [-0.2, -0.15) is 0 Å². The van der Waals surface area contributed by atoms with Gasteiger partial charge in [0.1, 0.15) is 0 Å². The molecule has 0 atom stereocenters. The van der Waals surface area contributed by atoms with Crippen molar-refractivity contribution in [1.29, 1.82) is 0 Å². The van der Waals surface area contributed by atoms with E-state index >= 15 is 0 Å². The quantitative estimate of drug-likeness (QED) is 0.609. The highest BCUT2D eigenvalue weighted by atomic mass is 14.9. The van der Waals surface area contributed by atoms with Crippen molar-refractivity contribution < 1.29 is 5.32 Å². The molecule has 1 heteroatoms. The van der Waals surface area contributed by atoms with Gasteiger partial charge in [0, 0.05) is 0 Å². The minimum absolute atomic E-state index is 1.07. The third kappa shape index (κ3) is 2.70. The maximum atomic E-state index is 2.45. The Morgan fingerprint density at radius 2 is 2.00 bits per heavy atom. The lowest BCUT2D eigenvalue weighted by atomic mass is 9.93. The van der Waals surface area contributed by atoms with Gasteiger partial charge in [-0.15, -0.1) is 0 Å². The molecule has 0 aromatic heterocycles. The maximum absolute atomic E-state index is 2.45. The maximum Gasteiger partial charge on any atom is 0.0758 e. The third-order valence-corrected chi connectivity index (χ3v) is 2.52. The fourth-order valence-electron chi connectivity index (χ4n) is 1.78. The van der Waals surface area contributed by atoms with Crippen LogP contribution in [0.2, 0.25) is 0 Å². The number of piperidine rings is 1. The Kier molecular flexibility index (Phi) is 3.81. The molecule has 1 rings (SSSR count). The predicted octanol–water partition coefficient (Wildman–Crippen LogP) is 1.15. The van der Waals surface area contributed by atoms with Gasteiger partial charge in [-0.1, -0.05) is 26.2 Å². The molecule has 0 amide bonds. The second-order valence-electron chi connectivity index (χ2n) is 3.45. The number of nitrogens with two attached hydrogens (primary N) is 1. The van der Waals surface area contributed by atoms with E-state index in [0.717, 1.165) is 5.92 Å². The van der Waals surface area contributed by atoms with Crippen molar-refractivity contribution in [3.05, 3.63) is 0 Å². The number of hydrogen-bond acceptors (Lipinski definition) is 0. The van der Waals surface area contributed by atoms with E-state index in [-0.39, 0.29) is 0 Å². The summed E-state index contributed by atoms with van der Waals surface area (Å²) in [6.07, 6.45) is 7.26. The lowest BCUT2D eigenvalue weighted by Gasteiger charge is -2.19. The van der Waals surface area contributed by atoms with Gasteiger partial charge >= 0.3 is 0 Å². The Morgan fingerprint density at radius 3 is 2.60 bits per heavy atom. The summed E-state index contributed by atoms with van der Waals surface area (Å²) in [6, 6.07) is 0. The van der Waals surface area contributed by atoms with Crippen molar-refractivity contribution in [2.45, 2.75) is 39.0 Å². The zero-order valence-corrected chi connectivity index (χ0v) is 7.10. The van der Waals surface area contributed by atoms with Crippen molar-refractivity contribution in [3.8, 4) is 0 Å². The van der Waals surface area contributed by atoms with Crippen LogP contribution in [0, 0.1) is 5.92 Å². The van der Waals surface area contributed by atoms with E-state index in [0.29, 0.717) is 0 Å². The highest BCUT2D eigenvalue weighted by molar-refractivity contribution is 4.60. The average Bonchev–Trinajstić information content (AvgIpc) is 2.03. The smallest absolute Gasteiger partial charge is 0.0758 e. The van der Waals surface area contributed by atoms with Gasteiger partial charge in [0.05, 0.1) is 13.1 Å². The van der Waals surface area contributed by atoms with Crippen molar-refractivity contribution in [3.63, 3.8) is 0 Å². The molecule has 0 spiro atoms. The van der Waals surface area contributed by atoms with E-state index in [1.165, 1.54) is 45.2 Å². The summed E-state index contributed by atoms with van der Waals surface area (Å²) in [5.74, 6) is 1.07. The summed E-state index contributed by atoms with van der Waals surface area (Å²) >= 11 is 0. The van der Waals surface area contributed by atoms with Crippen LogP contribution < -0.4 is 5.32 Å². The molecule has 1 heterocycles. The Morgan fingerprint density at radius 1 is 1.30 bits per heavy atom. The summed E-state index contributed by atoms with van der Waals surface area (Å²) in [5, 5.41) is 2.45. The molecule has 1 fully saturated rings. The first-order chi connectivity index (χ1) is 4.93. The van der Waals surface area contributed by atoms with E-state index in [4.69, 9.17) is 0 Å². The molecule has 0 saturated carbocycles. The molecule has 1 aliphatic heterocycles. The van der Waals surface area contributed by atoms with E-state index in [9.17, 15) is 0 Å². The highest BCUT2D eigenvalue weighted by Gasteiger charge is 2.13. The Balaban J connectivity index is 2.02. The topological polar surface area (TPSA) is 16.6 Å². The summed E-state index contributed by atoms with van der Waals surface area (Å²) in [5.41, 5.74) is 0. The monoisotopic (exact) mass is 142 g/mol. The van der Waals surface area contributed by atoms with Gasteiger partial charge in [-0.3, -0.25) is 0 Å². The summed E-state index contributed by atoms with van der Waals surface area (Å²) in [7, 11) is 0. The van der Waals surface area contributed by atoms with Gasteiger partial charge in [0.15, 0.2) is 0 Å². The first-order valence-corrected chi connectivity index (χ1v) is 4.75. The summed E-state index contributed by atoms with van der Waals surface area (Å²) < 4.78 is 0. The van der Waals surface area contributed by atoms with Gasteiger partial charge < -0.3 is 5.32 Å².